The molecule has 0 aromatic heterocycles. The van der Waals surface area contributed by atoms with Crippen LogP contribution in [0.3, 0.4) is 0 Å². The highest BCUT2D eigenvalue weighted by Gasteiger charge is 2.28. The van der Waals surface area contributed by atoms with E-state index in [1.807, 2.05) is 32.9 Å². The van der Waals surface area contributed by atoms with Crippen molar-refractivity contribution in [2.24, 2.45) is 11.1 Å². The first-order valence-electron chi connectivity index (χ1n) is 10.3. The number of carbonyl (C=O) groups is 1. The molecule has 1 aliphatic rings. The number of anilines is 2. The summed E-state index contributed by atoms with van der Waals surface area (Å²) in [5.41, 5.74) is 9.67. The number of carbonyl (C=O) groups excluding carboxylic acids is 1. The topological polar surface area (TPSA) is 70.8 Å². The molecule has 3 rings (SSSR count). The summed E-state index contributed by atoms with van der Waals surface area (Å²) < 4.78 is 13.1. The number of benzene rings is 2. The van der Waals surface area contributed by atoms with Crippen molar-refractivity contribution in [3.05, 3.63) is 59.4 Å². The van der Waals surface area contributed by atoms with Gasteiger partial charge >= 0.3 is 5.97 Å². The van der Waals surface area contributed by atoms with Crippen molar-refractivity contribution in [2.45, 2.75) is 33.9 Å². The van der Waals surface area contributed by atoms with Gasteiger partial charge in [0.25, 0.3) is 0 Å². The SMILES string of the molecule is CC(C)(C)C(=O)ON1CCN(c2cccc(NCc3ccc(F)cc3)c2CN)CC1. The molecule has 1 saturated heterocycles. The van der Waals surface area contributed by atoms with E-state index in [1.54, 1.807) is 17.2 Å². The molecule has 7 heteroatoms. The number of hydrogen-bond acceptors (Lipinski definition) is 6. The quantitative estimate of drug-likeness (QED) is 0.754. The van der Waals surface area contributed by atoms with E-state index in [1.165, 1.54) is 12.1 Å². The minimum atomic E-state index is -0.519. The third kappa shape index (κ3) is 5.49. The molecule has 0 radical (unpaired) electrons. The van der Waals surface area contributed by atoms with Crippen molar-refractivity contribution in [1.29, 1.82) is 0 Å². The van der Waals surface area contributed by atoms with E-state index >= 15 is 0 Å². The van der Waals surface area contributed by atoms with Crippen molar-refractivity contribution in [1.82, 2.24) is 5.06 Å². The van der Waals surface area contributed by atoms with Gasteiger partial charge in [0.05, 0.1) is 18.5 Å². The van der Waals surface area contributed by atoms with Crippen molar-refractivity contribution >= 4 is 17.3 Å². The van der Waals surface area contributed by atoms with E-state index in [-0.39, 0.29) is 11.8 Å². The number of nitrogens with zero attached hydrogens (tertiary/aromatic N) is 2. The molecule has 0 atom stereocenters. The summed E-state index contributed by atoms with van der Waals surface area (Å²) in [7, 11) is 0. The van der Waals surface area contributed by atoms with Crippen LogP contribution in [0.15, 0.2) is 42.5 Å². The van der Waals surface area contributed by atoms with E-state index < -0.39 is 5.41 Å². The van der Waals surface area contributed by atoms with Crippen LogP contribution in [0.5, 0.6) is 0 Å². The molecular weight excluding hydrogens is 383 g/mol. The second kappa shape index (κ2) is 9.45. The normalized spacial score (nSPS) is 15.2. The zero-order valence-corrected chi connectivity index (χ0v) is 18.0. The summed E-state index contributed by atoms with van der Waals surface area (Å²) in [5.74, 6) is -0.457. The van der Waals surface area contributed by atoms with Gasteiger partial charge in [-0.25, -0.2) is 9.18 Å². The lowest BCUT2D eigenvalue weighted by atomic mass is 9.98. The lowest BCUT2D eigenvalue weighted by molar-refractivity contribution is -0.201. The Morgan fingerprint density at radius 2 is 1.77 bits per heavy atom. The molecule has 1 heterocycles. The molecule has 0 aliphatic carbocycles. The number of hydrogen-bond donors (Lipinski definition) is 2. The fourth-order valence-corrected chi connectivity index (χ4v) is 3.33. The summed E-state index contributed by atoms with van der Waals surface area (Å²) in [4.78, 5) is 19.9. The minimum Gasteiger partial charge on any atom is -0.381 e. The Labute approximate surface area is 177 Å². The number of rotatable bonds is 6. The molecule has 6 nitrogen and oxygen atoms in total. The van der Waals surface area contributed by atoms with E-state index in [2.05, 4.69) is 16.3 Å². The third-order valence-corrected chi connectivity index (χ3v) is 5.16. The van der Waals surface area contributed by atoms with Crippen LogP contribution in [-0.4, -0.2) is 37.2 Å². The fourth-order valence-electron chi connectivity index (χ4n) is 3.33. The van der Waals surface area contributed by atoms with Gasteiger partial charge in [0, 0.05) is 43.1 Å². The summed E-state index contributed by atoms with van der Waals surface area (Å²) in [6, 6.07) is 12.6. The molecule has 0 amide bonds. The van der Waals surface area contributed by atoms with Crippen molar-refractivity contribution in [3.8, 4) is 0 Å². The zero-order chi connectivity index (χ0) is 21.7. The Morgan fingerprint density at radius 3 is 2.37 bits per heavy atom. The fraction of sp³-hybridized carbons (Fsp3) is 0.435. The highest BCUT2D eigenvalue weighted by atomic mass is 19.1. The van der Waals surface area contributed by atoms with Gasteiger partial charge in [-0.05, 0) is 50.6 Å². The van der Waals surface area contributed by atoms with E-state index in [0.29, 0.717) is 26.2 Å². The van der Waals surface area contributed by atoms with Crippen LogP contribution in [0, 0.1) is 11.2 Å². The van der Waals surface area contributed by atoms with Crippen LogP contribution in [0.25, 0.3) is 0 Å². The summed E-state index contributed by atoms with van der Waals surface area (Å²) in [6.07, 6.45) is 0. The van der Waals surface area contributed by atoms with Crippen LogP contribution >= 0.6 is 0 Å². The first kappa shape index (κ1) is 22.1. The zero-order valence-electron chi connectivity index (χ0n) is 18.0. The Balaban J connectivity index is 1.64. The van der Waals surface area contributed by atoms with Crippen LogP contribution in [0.4, 0.5) is 15.8 Å². The minimum absolute atomic E-state index is 0.217. The monoisotopic (exact) mass is 414 g/mol. The van der Waals surface area contributed by atoms with Gasteiger partial charge in [-0.1, -0.05) is 18.2 Å². The standard InChI is InChI=1S/C23H31FN4O2/c1-23(2,3)22(29)30-28-13-11-27(12-14-28)21-6-4-5-20(19(21)15-25)26-16-17-7-9-18(24)10-8-17/h4-10,26H,11-16,25H2,1-3H3. The van der Waals surface area contributed by atoms with Crippen LogP contribution in [0.1, 0.15) is 31.9 Å². The first-order valence-corrected chi connectivity index (χ1v) is 10.3. The van der Waals surface area contributed by atoms with Crippen LogP contribution < -0.4 is 16.0 Å². The molecule has 30 heavy (non-hydrogen) atoms. The van der Waals surface area contributed by atoms with Gasteiger partial charge < -0.3 is 20.8 Å². The van der Waals surface area contributed by atoms with E-state index in [0.717, 1.165) is 35.6 Å². The van der Waals surface area contributed by atoms with E-state index in [9.17, 15) is 9.18 Å². The van der Waals surface area contributed by atoms with Crippen LogP contribution in [-0.2, 0) is 22.7 Å². The maximum Gasteiger partial charge on any atom is 0.330 e. The maximum absolute atomic E-state index is 13.1. The molecule has 0 bridgehead atoms. The summed E-state index contributed by atoms with van der Waals surface area (Å²) in [5, 5.41) is 5.16. The van der Waals surface area contributed by atoms with Gasteiger partial charge in [0.2, 0.25) is 0 Å². The number of hydroxylamine groups is 2. The van der Waals surface area contributed by atoms with Gasteiger partial charge in [-0.3, -0.25) is 0 Å². The van der Waals surface area contributed by atoms with Crippen molar-refractivity contribution in [2.75, 3.05) is 36.4 Å². The van der Waals surface area contributed by atoms with Gasteiger partial charge in [-0.2, -0.15) is 0 Å². The highest BCUT2D eigenvalue weighted by molar-refractivity contribution is 5.75. The molecule has 2 aromatic carbocycles. The molecule has 0 unspecified atom stereocenters. The molecule has 1 aliphatic heterocycles. The lowest BCUT2D eigenvalue weighted by Crippen LogP contribution is -2.48. The number of nitrogens with two attached hydrogens (primary N) is 1. The second-order valence-corrected chi connectivity index (χ2v) is 8.53. The molecule has 2 aromatic rings. The Kier molecular flexibility index (Phi) is 6.95. The van der Waals surface area contributed by atoms with Gasteiger partial charge in [-0.15, -0.1) is 5.06 Å². The summed E-state index contributed by atoms with van der Waals surface area (Å²) >= 11 is 0. The number of nitrogens with one attached hydrogen (secondary N) is 1. The van der Waals surface area contributed by atoms with Crippen LogP contribution in [0.2, 0.25) is 0 Å². The first-order chi connectivity index (χ1) is 14.3. The van der Waals surface area contributed by atoms with E-state index in [4.69, 9.17) is 10.6 Å². The van der Waals surface area contributed by atoms with Crippen molar-refractivity contribution in [3.63, 3.8) is 0 Å². The number of piperazine rings is 1. The largest absolute Gasteiger partial charge is 0.381 e. The smallest absolute Gasteiger partial charge is 0.330 e. The molecular formula is C23H31FN4O2. The predicted molar refractivity (Wildman–Crippen MR) is 117 cm³/mol. The maximum atomic E-state index is 13.1. The second-order valence-electron chi connectivity index (χ2n) is 8.53. The highest BCUT2D eigenvalue weighted by Crippen LogP contribution is 2.29. The molecule has 3 N–H and O–H groups in total. The van der Waals surface area contributed by atoms with Crippen molar-refractivity contribution < 1.29 is 14.0 Å². The number of halogens is 1. The lowest BCUT2D eigenvalue weighted by Gasteiger charge is -2.37. The Bertz CT molecular complexity index is 856. The average Bonchev–Trinajstić information content (AvgIpc) is 2.73. The Morgan fingerprint density at radius 1 is 1.10 bits per heavy atom. The van der Waals surface area contributed by atoms with Gasteiger partial charge in [0.1, 0.15) is 5.82 Å². The Hall–Kier alpha value is -2.64. The average molecular weight is 415 g/mol. The molecule has 0 spiro atoms. The predicted octanol–water partition coefficient (Wildman–Crippen LogP) is 3.52. The molecule has 0 saturated carbocycles. The summed E-state index contributed by atoms with van der Waals surface area (Å²) in [6.45, 7) is 9.31. The molecule has 1 fully saturated rings. The third-order valence-electron chi connectivity index (χ3n) is 5.16. The van der Waals surface area contributed by atoms with Gasteiger partial charge in [0.15, 0.2) is 0 Å². The molecule has 162 valence electrons.